The van der Waals surface area contributed by atoms with Crippen LogP contribution in [0.3, 0.4) is 0 Å². The zero-order chi connectivity index (χ0) is 12.1. The fourth-order valence-electron chi connectivity index (χ4n) is 1.35. The first-order chi connectivity index (χ1) is 7.56. The van der Waals surface area contributed by atoms with E-state index in [-0.39, 0.29) is 5.97 Å². The van der Waals surface area contributed by atoms with Crippen LogP contribution in [0.1, 0.15) is 18.5 Å². The molecule has 0 aromatic heterocycles. The normalized spacial score (nSPS) is 12.0. The SMILES string of the molecule is CCOC(=O)[C@@H](N)c1ccc(N(C)C)cc1. The van der Waals surface area contributed by atoms with E-state index in [1.165, 1.54) is 0 Å². The number of esters is 1. The zero-order valence-electron chi connectivity index (χ0n) is 9.93. The van der Waals surface area contributed by atoms with Crippen molar-refractivity contribution in [3.05, 3.63) is 29.8 Å². The van der Waals surface area contributed by atoms with Crippen molar-refractivity contribution >= 4 is 11.7 Å². The van der Waals surface area contributed by atoms with Gasteiger partial charge in [0.05, 0.1) is 6.61 Å². The molecule has 0 fully saturated rings. The van der Waals surface area contributed by atoms with Crippen LogP contribution in [0.5, 0.6) is 0 Å². The minimum Gasteiger partial charge on any atom is -0.465 e. The Labute approximate surface area is 96.0 Å². The van der Waals surface area contributed by atoms with Crippen LogP contribution in [0.25, 0.3) is 0 Å². The zero-order valence-corrected chi connectivity index (χ0v) is 9.93. The van der Waals surface area contributed by atoms with Gasteiger partial charge in [-0.25, -0.2) is 4.79 Å². The van der Waals surface area contributed by atoms with Gasteiger partial charge in [-0.15, -0.1) is 0 Å². The van der Waals surface area contributed by atoms with E-state index in [1.54, 1.807) is 6.92 Å². The molecular formula is C12H18N2O2. The molecule has 0 amide bonds. The Hall–Kier alpha value is -1.55. The molecule has 0 aliphatic rings. The molecule has 0 aliphatic heterocycles. The van der Waals surface area contributed by atoms with Gasteiger partial charge in [-0.1, -0.05) is 12.1 Å². The van der Waals surface area contributed by atoms with Crippen LogP contribution in [-0.4, -0.2) is 26.7 Å². The van der Waals surface area contributed by atoms with Gasteiger partial charge >= 0.3 is 5.97 Å². The summed E-state index contributed by atoms with van der Waals surface area (Å²) in [5, 5.41) is 0. The van der Waals surface area contributed by atoms with Gasteiger partial charge < -0.3 is 15.4 Å². The Balaban J connectivity index is 2.77. The summed E-state index contributed by atoms with van der Waals surface area (Å²) in [6.45, 7) is 2.11. The van der Waals surface area contributed by atoms with Crippen molar-refractivity contribution in [1.82, 2.24) is 0 Å². The summed E-state index contributed by atoms with van der Waals surface area (Å²) in [4.78, 5) is 13.4. The van der Waals surface area contributed by atoms with E-state index < -0.39 is 6.04 Å². The van der Waals surface area contributed by atoms with Crippen molar-refractivity contribution in [3.63, 3.8) is 0 Å². The number of nitrogens with two attached hydrogens (primary N) is 1. The van der Waals surface area contributed by atoms with Gasteiger partial charge in [0.1, 0.15) is 6.04 Å². The summed E-state index contributed by atoms with van der Waals surface area (Å²) >= 11 is 0. The lowest BCUT2D eigenvalue weighted by molar-refractivity contribution is -0.144. The first kappa shape index (κ1) is 12.5. The van der Waals surface area contributed by atoms with E-state index in [1.807, 2.05) is 43.3 Å². The van der Waals surface area contributed by atoms with Gasteiger partial charge in [-0.3, -0.25) is 0 Å². The first-order valence-electron chi connectivity index (χ1n) is 5.25. The topological polar surface area (TPSA) is 55.6 Å². The van der Waals surface area contributed by atoms with Crippen molar-refractivity contribution in [3.8, 4) is 0 Å². The van der Waals surface area contributed by atoms with Gasteiger partial charge in [0.2, 0.25) is 0 Å². The molecule has 0 saturated heterocycles. The van der Waals surface area contributed by atoms with E-state index in [4.69, 9.17) is 10.5 Å². The quantitative estimate of drug-likeness (QED) is 0.780. The average molecular weight is 222 g/mol. The van der Waals surface area contributed by atoms with Crippen LogP contribution in [0.15, 0.2) is 24.3 Å². The summed E-state index contributed by atoms with van der Waals surface area (Å²) < 4.78 is 4.86. The Morgan fingerprint density at radius 3 is 2.38 bits per heavy atom. The maximum Gasteiger partial charge on any atom is 0.327 e. The summed E-state index contributed by atoms with van der Waals surface area (Å²) in [6.07, 6.45) is 0. The summed E-state index contributed by atoms with van der Waals surface area (Å²) in [5.74, 6) is -0.389. The smallest absolute Gasteiger partial charge is 0.327 e. The highest BCUT2D eigenvalue weighted by atomic mass is 16.5. The molecule has 1 atom stereocenters. The highest BCUT2D eigenvalue weighted by molar-refractivity contribution is 5.77. The number of hydrogen-bond donors (Lipinski definition) is 1. The Morgan fingerprint density at radius 1 is 1.38 bits per heavy atom. The van der Waals surface area contributed by atoms with Crippen LogP contribution >= 0.6 is 0 Å². The van der Waals surface area contributed by atoms with Gasteiger partial charge in [-0.05, 0) is 24.6 Å². The Bertz CT molecular complexity index is 347. The number of carbonyl (C=O) groups excluding carboxylic acids is 1. The number of nitrogens with zero attached hydrogens (tertiary/aromatic N) is 1. The second kappa shape index (κ2) is 5.51. The lowest BCUT2D eigenvalue weighted by atomic mass is 10.1. The van der Waals surface area contributed by atoms with Crippen LogP contribution in [0.2, 0.25) is 0 Å². The van der Waals surface area contributed by atoms with Crippen molar-refractivity contribution in [1.29, 1.82) is 0 Å². The number of carbonyl (C=O) groups is 1. The van der Waals surface area contributed by atoms with Crippen molar-refractivity contribution in [2.24, 2.45) is 5.73 Å². The standard InChI is InChI=1S/C12H18N2O2/c1-4-16-12(15)11(13)9-5-7-10(8-6-9)14(2)3/h5-8,11H,4,13H2,1-3H3/t11-/m0/s1. The Morgan fingerprint density at radius 2 is 1.94 bits per heavy atom. The largest absolute Gasteiger partial charge is 0.465 e. The van der Waals surface area contributed by atoms with Crippen molar-refractivity contribution in [2.45, 2.75) is 13.0 Å². The molecule has 0 bridgehead atoms. The number of anilines is 1. The summed E-state index contributed by atoms with van der Waals surface area (Å²) in [6, 6.07) is 6.84. The average Bonchev–Trinajstić information content (AvgIpc) is 2.28. The predicted molar refractivity (Wildman–Crippen MR) is 64.3 cm³/mol. The molecule has 0 heterocycles. The lowest BCUT2D eigenvalue weighted by Gasteiger charge is -2.15. The molecule has 0 unspecified atom stereocenters. The van der Waals surface area contributed by atoms with E-state index in [2.05, 4.69) is 0 Å². The lowest BCUT2D eigenvalue weighted by Crippen LogP contribution is -2.23. The minimum atomic E-state index is -0.698. The third-order valence-corrected chi connectivity index (χ3v) is 2.31. The van der Waals surface area contributed by atoms with Gasteiger partial charge in [-0.2, -0.15) is 0 Å². The predicted octanol–water partition coefficient (Wildman–Crippen LogP) is 1.32. The van der Waals surface area contributed by atoms with Gasteiger partial charge in [0, 0.05) is 19.8 Å². The molecule has 16 heavy (non-hydrogen) atoms. The molecule has 0 radical (unpaired) electrons. The molecule has 4 nitrogen and oxygen atoms in total. The van der Waals surface area contributed by atoms with Crippen LogP contribution in [0.4, 0.5) is 5.69 Å². The third-order valence-electron chi connectivity index (χ3n) is 2.31. The number of ether oxygens (including phenoxy) is 1. The monoisotopic (exact) mass is 222 g/mol. The Kier molecular flexibility index (Phi) is 4.31. The van der Waals surface area contributed by atoms with Crippen molar-refractivity contribution in [2.75, 3.05) is 25.6 Å². The highest BCUT2D eigenvalue weighted by Gasteiger charge is 2.16. The molecule has 88 valence electrons. The van der Waals surface area contributed by atoms with E-state index in [9.17, 15) is 4.79 Å². The molecule has 1 rings (SSSR count). The second-order valence-corrected chi connectivity index (χ2v) is 3.72. The van der Waals surface area contributed by atoms with Gasteiger partial charge in [0.25, 0.3) is 0 Å². The molecule has 4 heteroatoms. The summed E-state index contributed by atoms with van der Waals surface area (Å²) in [5.41, 5.74) is 7.60. The van der Waals surface area contributed by atoms with Crippen molar-refractivity contribution < 1.29 is 9.53 Å². The van der Waals surface area contributed by atoms with E-state index in [0.717, 1.165) is 11.3 Å². The molecular weight excluding hydrogens is 204 g/mol. The van der Waals surface area contributed by atoms with Crippen LogP contribution in [-0.2, 0) is 9.53 Å². The molecule has 0 spiro atoms. The molecule has 1 aromatic rings. The molecule has 0 aliphatic carbocycles. The number of benzene rings is 1. The fourth-order valence-corrected chi connectivity index (χ4v) is 1.35. The van der Waals surface area contributed by atoms with E-state index >= 15 is 0 Å². The van der Waals surface area contributed by atoms with Crippen LogP contribution in [0, 0.1) is 0 Å². The molecule has 0 saturated carbocycles. The van der Waals surface area contributed by atoms with Crippen LogP contribution < -0.4 is 10.6 Å². The maximum absolute atomic E-state index is 11.4. The number of hydrogen-bond acceptors (Lipinski definition) is 4. The highest BCUT2D eigenvalue weighted by Crippen LogP contribution is 2.17. The summed E-state index contributed by atoms with van der Waals surface area (Å²) in [7, 11) is 3.92. The van der Waals surface area contributed by atoms with Gasteiger partial charge in [0.15, 0.2) is 0 Å². The maximum atomic E-state index is 11.4. The number of rotatable bonds is 4. The minimum absolute atomic E-state index is 0.350. The molecule has 2 N–H and O–H groups in total. The fraction of sp³-hybridized carbons (Fsp3) is 0.417. The second-order valence-electron chi connectivity index (χ2n) is 3.72. The third kappa shape index (κ3) is 2.97. The first-order valence-corrected chi connectivity index (χ1v) is 5.25. The molecule has 1 aromatic carbocycles. The van der Waals surface area contributed by atoms with E-state index in [0.29, 0.717) is 6.61 Å².